The zero-order chi connectivity index (χ0) is 16.6. The zero-order valence-electron chi connectivity index (χ0n) is 12.7. The zero-order valence-corrected chi connectivity index (χ0v) is 12.7. The van der Waals surface area contributed by atoms with Crippen LogP contribution in [0.4, 0.5) is 5.69 Å². The lowest BCUT2D eigenvalue weighted by molar-refractivity contribution is -0.136. The maximum absolute atomic E-state index is 12.5. The fourth-order valence-electron chi connectivity index (χ4n) is 3.02. The number of piperidine rings is 1. The van der Waals surface area contributed by atoms with Crippen LogP contribution in [-0.2, 0) is 20.9 Å². The molecule has 120 valence electrons. The molecule has 2 heterocycles. The van der Waals surface area contributed by atoms with Crippen molar-refractivity contribution in [2.24, 2.45) is 0 Å². The SMILES string of the molecule is CN(CC=O)c1ccc2c(c1)CN(C1CCC(=O)NC1=O)C2=O. The van der Waals surface area contributed by atoms with Crippen molar-refractivity contribution in [1.82, 2.24) is 10.2 Å². The molecule has 0 bridgehead atoms. The predicted molar refractivity (Wildman–Crippen MR) is 81.8 cm³/mol. The summed E-state index contributed by atoms with van der Waals surface area (Å²) in [6.45, 7) is 0.604. The Kier molecular flexibility index (Phi) is 3.85. The molecule has 0 aliphatic carbocycles. The van der Waals surface area contributed by atoms with E-state index in [1.807, 2.05) is 6.07 Å². The monoisotopic (exact) mass is 315 g/mol. The van der Waals surface area contributed by atoms with Gasteiger partial charge in [-0.2, -0.15) is 0 Å². The van der Waals surface area contributed by atoms with E-state index in [0.29, 0.717) is 18.5 Å². The van der Waals surface area contributed by atoms with Gasteiger partial charge in [0, 0.05) is 31.3 Å². The van der Waals surface area contributed by atoms with Crippen LogP contribution in [0, 0.1) is 0 Å². The predicted octanol–water partition coefficient (Wildman–Crippen LogP) is 0.0827. The standard InChI is InChI=1S/C16H17N3O4/c1-18(6-7-20)11-2-3-12-10(8-11)9-19(16(12)23)13-4-5-14(21)17-15(13)22/h2-3,7-8,13H,4-6,9H2,1H3,(H,17,21,22). The Labute approximate surface area is 133 Å². The summed E-state index contributed by atoms with van der Waals surface area (Å²) in [5.41, 5.74) is 2.24. The Hall–Kier alpha value is -2.70. The van der Waals surface area contributed by atoms with E-state index in [1.54, 1.807) is 24.1 Å². The Balaban J connectivity index is 1.83. The molecule has 7 nitrogen and oxygen atoms in total. The number of carbonyl (C=O) groups excluding carboxylic acids is 4. The Morgan fingerprint density at radius 3 is 2.83 bits per heavy atom. The molecule has 1 N–H and O–H groups in total. The highest BCUT2D eigenvalue weighted by Crippen LogP contribution is 2.30. The highest BCUT2D eigenvalue weighted by Gasteiger charge is 2.39. The number of nitrogens with zero attached hydrogens (tertiary/aromatic N) is 2. The summed E-state index contributed by atoms with van der Waals surface area (Å²) in [4.78, 5) is 49.7. The lowest BCUT2D eigenvalue weighted by Crippen LogP contribution is -2.52. The van der Waals surface area contributed by atoms with Gasteiger partial charge in [-0.25, -0.2) is 0 Å². The molecule has 3 rings (SSSR count). The number of hydrogen-bond acceptors (Lipinski definition) is 5. The van der Waals surface area contributed by atoms with Crippen molar-refractivity contribution in [3.05, 3.63) is 29.3 Å². The van der Waals surface area contributed by atoms with Crippen LogP contribution in [0.3, 0.4) is 0 Å². The Bertz CT molecular complexity index is 701. The van der Waals surface area contributed by atoms with E-state index in [2.05, 4.69) is 5.32 Å². The van der Waals surface area contributed by atoms with Crippen molar-refractivity contribution >= 4 is 29.7 Å². The molecule has 0 spiro atoms. The summed E-state index contributed by atoms with van der Waals surface area (Å²) < 4.78 is 0. The number of aldehydes is 1. The van der Waals surface area contributed by atoms with E-state index in [9.17, 15) is 19.2 Å². The first kappa shape index (κ1) is 15.2. The average Bonchev–Trinajstić information content (AvgIpc) is 2.84. The first-order valence-electron chi connectivity index (χ1n) is 7.43. The fraction of sp³-hybridized carbons (Fsp3) is 0.375. The topological polar surface area (TPSA) is 86.8 Å². The summed E-state index contributed by atoms with van der Waals surface area (Å²) in [5.74, 6) is -0.909. The van der Waals surface area contributed by atoms with E-state index in [0.717, 1.165) is 17.5 Å². The fourth-order valence-corrected chi connectivity index (χ4v) is 3.02. The minimum Gasteiger partial charge on any atom is -0.368 e. The van der Waals surface area contributed by atoms with Crippen LogP contribution in [0.25, 0.3) is 0 Å². The van der Waals surface area contributed by atoms with Gasteiger partial charge in [-0.3, -0.25) is 19.7 Å². The minimum atomic E-state index is -0.608. The number of hydrogen-bond donors (Lipinski definition) is 1. The van der Waals surface area contributed by atoms with Crippen molar-refractivity contribution in [3.63, 3.8) is 0 Å². The molecule has 7 heteroatoms. The van der Waals surface area contributed by atoms with Gasteiger partial charge in [0.1, 0.15) is 12.3 Å². The van der Waals surface area contributed by atoms with E-state index in [4.69, 9.17) is 0 Å². The van der Waals surface area contributed by atoms with Crippen LogP contribution in [0.5, 0.6) is 0 Å². The van der Waals surface area contributed by atoms with Gasteiger partial charge in [0.15, 0.2) is 0 Å². The van der Waals surface area contributed by atoms with Crippen molar-refractivity contribution in [1.29, 1.82) is 0 Å². The molecule has 23 heavy (non-hydrogen) atoms. The Morgan fingerprint density at radius 2 is 2.13 bits per heavy atom. The van der Waals surface area contributed by atoms with Gasteiger partial charge in [-0.05, 0) is 30.2 Å². The highest BCUT2D eigenvalue weighted by atomic mass is 16.2. The third kappa shape index (κ3) is 2.69. The molecule has 0 saturated carbocycles. The van der Waals surface area contributed by atoms with E-state index >= 15 is 0 Å². The number of rotatable bonds is 4. The van der Waals surface area contributed by atoms with Gasteiger partial charge in [-0.1, -0.05) is 0 Å². The van der Waals surface area contributed by atoms with Crippen LogP contribution in [0.2, 0.25) is 0 Å². The number of fused-ring (bicyclic) bond motifs is 1. The van der Waals surface area contributed by atoms with Gasteiger partial charge in [-0.15, -0.1) is 0 Å². The first-order chi connectivity index (χ1) is 11.0. The summed E-state index contributed by atoms with van der Waals surface area (Å²) in [5, 5.41) is 2.28. The second-order valence-electron chi connectivity index (χ2n) is 5.79. The molecule has 2 aliphatic rings. The third-order valence-electron chi connectivity index (χ3n) is 4.30. The summed E-state index contributed by atoms with van der Waals surface area (Å²) in [7, 11) is 1.80. The molecular formula is C16H17N3O4. The molecule has 0 radical (unpaired) electrons. The van der Waals surface area contributed by atoms with Crippen LogP contribution in [0.1, 0.15) is 28.8 Å². The molecule has 1 unspecified atom stereocenters. The largest absolute Gasteiger partial charge is 0.368 e. The van der Waals surface area contributed by atoms with Gasteiger partial charge >= 0.3 is 0 Å². The number of carbonyl (C=O) groups is 4. The van der Waals surface area contributed by atoms with Crippen LogP contribution in [-0.4, -0.2) is 48.5 Å². The first-order valence-corrected chi connectivity index (χ1v) is 7.43. The summed E-state index contributed by atoms with van der Waals surface area (Å²) >= 11 is 0. The normalized spacial score (nSPS) is 20.3. The van der Waals surface area contributed by atoms with Crippen molar-refractivity contribution in [2.75, 3.05) is 18.5 Å². The number of imide groups is 1. The second kappa shape index (κ2) is 5.83. The van der Waals surface area contributed by atoms with Crippen LogP contribution >= 0.6 is 0 Å². The van der Waals surface area contributed by atoms with Crippen molar-refractivity contribution < 1.29 is 19.2 Å². The molecule has 1 aromatic rings. The van der Waals surface area contributed by atoms with Gasteiger partial charge < -0.3 is 14.6 Å². The molecule has 1 aromatic carbocycles. The van der Waals surface area contributed by atoms with Gasteiger partial charge in [0.2, 0.25) is 11.8 Å². The maximum Gasteiger partial charge on any atom is 0.255 e. The minimum absolute atomic E-state index is 0.195. The molecule has 3 amide bonds. The lowest BCUT2D eigenvalue weighted by atomic mass is 10.0. The molecule has 1 atom stereocenters. The summed E-state index contributed by atoms with van der Waals surface area (Å²) in [6.07, 6.45) is 1.40. The number of nitrogens with one attached hydrogen (secondary N) is 1. The molecule has 2 aliphatic heterocycles. The Morgan fingerprint density at radius 1 is 1.35 bits per heavy atom. The van der Waals surface area contributed by atoms with E-state index < -0.39 is 11.9 Å². The smallest absolute Gasteiger partial charge is 0.255 e. The molecule has 0 aromatic heterocycles. The van der Waals surface area contributed by atoms with E-state index in [-0.39, 0.29) is 24.8 Å². The number of benzene rings is 1. The molecule has 1 fully saturated rings. The molecular weight excluding hydrogens is 298 g/mol. The van der Waals surface area contributed by atoms with Crippen LogP contribution in [0.15, 0.2) is 18.2 Å². The van der Waals surface area contributed by atoms with E-state index in [1.165, 1.54) is 4.90 Å². The number of amides is 3. The summed E-state index contributed by atoms with van der Waals surface area (Å²) in [6, 6.07) is 4.76. The van der Waals surface area contributed by atoms with Gasteiger partial charge in [0.25, 0.3) is 5.91 Å². The average molecular weight is 315 g/mol. The highest BCUT2D eigenvalue weighted by molar-refractivity contribution is 6.05. The van der Waals surface area contributed by atoms with Crippen molar-refractivity contribution in [2.45, 2.75) is 25.4 Å². The quantitative estimate of drug-likeness (QED) is 0.628. The number of likely N-dealkylation sites (N-methyl/N-ethyl adjacent to an activating group) is 1. The maximum atomic E-state index is 12.5. The van der Waals surface area contributed by atoms with Crippen LogP contribution < -0.4 is 10.2 Å². The van der Waals surface area contributed by atoms with Crippen molar-refractivity contribution in [3.8, 4) is 0 Å². The third-order valence-corrected chi connectivity index (χ3v) is 4.30. The number of anilines is 1. The van der Waals surface area contributed by atoms with Gasteiger partial charge in [0.05, 0.1) is 6.54 Å². The molecule has 1 saturated heterocycles. The second-order valence-corrected chi connectivity index (χ2v) is 5.79. The lowest BCUT2D eigenvalue weighted by Gasteiger charge is -2.29.